The Balaban J connectivity index is 0.00000324. The first kappa shape index (κ1) is 18.2. The monoisotopic (exact) mass is 378 g/mol. The number of carbonyl (C=O) groups is 1. The van der Waals surface area contributed by atoms with Gasteiger partial charge < -0.3 is 34.0 Å². The Bertz CT molecular complexity index is 440. The largest absolute Gasteiger partial charge is 1.00 e. The molecule has 0 atom stereocenters. The number of quaternary nitrogens is 1. The number of carbonyl (C=O) groups excluding carboxylic acids is 1. The summed E-state index contributed by atoms with van der Waals surface area (Å²) in [5.41, 5.74) is 2.43. The summed E-state index contributed by atoms with van der Waals surface area (Å²) in [6.45, 7) is 4.32. The van der Waals surface area contributed by atoms with Crippen LogP contribution in [0.3, 0.4) is 0 Å². The molecule has 1 amide bonds. The summed E-state index contributed by atoms with van der Waals surface area (Å²) in [6.07, 6.45) is -0.445. The summed E-state index contributed by atoms with van der Waals surface area (Å²) in [6, 6.07) is 5.80. The molecule has 0 fully saturated rings. The average Bonchev–Trinajstić information content (AvgIpc) is 2.27. The summed E-state index contributed by atoms with van der Waals surface area (Å²) in [4.78, 5) is 11.2. The topological polar surface area (TPSA) is 38.3 Å². The standard InChI is InChI=1S/C14H22N2O2.HI/c1-10(2)12-8-7-11(18-14(17)15-3)9-13(12)16(4,5)6;/h7-10H,1-6H3;1H. The second-order valence-electron chi connectivity index (χ2n) is 5.53. The quantitative estimate of drug-likeness (QED) is 0.581. The number of nitrogens with zero attached hydrogens (tertiary/aromatic N) is 1. The van der Waals surface area contributed by atoms with Gasteiger partial charge in [-0.05, 0) is 18.1 Å². The molecule has 4 nitrogen and oxygen atoms in total. The van der Waals surface area contributed by atoms with Crippen molar-refractivity contribution >= 4 is 11.8 Å². The van der Waals surface area contributed by atoms with Crippen LogP contribution in [0.15, 0.2) is 18.2 Å². The van der Waals surface area contributed by atoms with E-state index >= 15 is 0 Å². The van der Waals surface area contributed by atoms with Gasteiger partial charge in [-0.2, -0.15) is 0 Å². The lowest BCUT2D eigenvalue weighted by atomic mass is 9.99. The highest BCUT2D eigenvalue weighted by Gasteiger charge is 2.21. The molecule has 0 saturated carbocycles. The van der Waals surface area contributed by atoms with Gasteiger partial charge in [-0.15, -0.1) is 0 Å². The minimum absolute atomic E-state index is 0. The maximum Gasteiger partial charge on any atom is 0.412 e. The summed E-state index contributed by atoms with van der Waals surface area (Å²) in [7, 11) is 7.85. The fourth-order valence-corrected chi connectivity index (χ4v) is 1.81. The highest BCUT2D eigenvalue weighted by Crippen LogP contribution is 2.32. The molecule has 1 aromatic rings. The van der Waals surface area contributed by atoms with Crippen LogP contribution in [0, 0.1) is 0 Å². The van der Waals surface area contributed by atoms with Crippen molar-refractivity contribution in [2.45, 2.75) is 19.8 Å². The predicted octanol–water partition coefficient (Wildman–Crippen LogP) is -0.271. The van der Waals surface area contributed by atoms with Gasteiger partial charge in [-0.3, -0.25) is 4.48 Å². The summed E-state index contributed by atoms with van der Waals surface area (Å²) in [5.74, 6) is 1.01. The van der Waals surface area contributed by atoms with E-state index in [0.717, 1.165) is 5.69 Å². The van der Waals surface area contributed by atoms with Crippen molar-refractivity contribution < 1.29 is 33.5 Å². The number of benzene rings is 1. The van der Waals surface area contributed by atoms with Gasteiger partial charge in [0.25, 0.3) is 0 Å². The first-order valence-corrected chi connectivity index (χ1v) is 6.11. The highest BCUT2D eigenvalue weighted by molar-refractivity contribution is 5.70. The van der Waals surface area contributed by atoms with Crippen LogP contribution in [0.5, 0.6) is 5.75 Å². The van der Waals surface area contributed by atoms with E-state index in [9.17, 15) is 4.79 Å². The van der Waals surface area contributed by atoms with Crippen LogP contribution in [0.4, 0.5) is 10.5 Å². The van der Waals surface area contributed by atoms with Gasteiger partial charge >= 0.3 is 6.09 Å². The van der Waals surface area contributed by atoms with E-state index in [1.807, 2.05) is 18.2 Å². The Morgan fingerprint density at radius 2 is 1.84 bits per heavy atom. The normalized spacial score (nSPS) is 10.9. The van der Waals surface area contributed by atoms with E-state index in [1.165, 1.54) is 5.56 Å². The third kappa shape index (κ3) is 4.99. The van der Waals surface area contributed by atoms with E-state index in [0.29, 0.717) is 16.2 Å². The van der Waals surface area contributed by atoms with E-state index in [2.05, 4.69) is 40.3 Å². The molecule has 0 aliphatic heterocycles. The van der Waals surface area contributed by atoms with Crippen molar-refractivity contribution in [2.75, 3.05) is 28.2 Å². The van der Waals surface area contributed by atoms with Crippen molar-refractivity contribution in [3.63, 3.8) is 0 Å². The lowest BCUT2D eigenvalue weighted by Gasteiger charge is -2.27. The fraction of sp³-hybridized carbons (Fsp3) is 0.500. The number of halogens is 1. The molecular formula is C14H23IN2O2. The molecule has 0 aliphatic rings. The molecule has 1 N–H and O–H groups in total. The summed E-state index contributed by atoms with van der Waals surface area (Å²) in [5, 5.41) is 2.44. The van der Waals surface area contributed by atoms with E-state index in [4.69, 9.17) is 4.74 Å². The lowest BCUT2D eigenvalue weighted by Crippen LogP contribution is -3.00. The van der Waals surface area contributed by atoms with Crippen LogP contribution < -0.4 is 38.5 Å². The molecule has 0 radical (unpaired) electrons. The Morgan fingerprint density at radius 1 is 1.26 bits per heavy atom. The first-order chi connectivity index (χ1) is 8.25. The molecular weight excluding hydrogens is 355 g/mol. The van der Waals surface area contributed by atoms with Crippen LogP contribution in [0.1, 0.15) is 25.3 Å². The Kier molecular flexibility index (Phi) is 6.79. The number of hydrogen-bond acceptors (Lipinski definition) is 2. The van der Waals surface area contributed by atoms with Crippen molar-refractivity contribution in [3.8, 4) is 5.75 Å². The molecule has 108 valence electrons. The van der Waals surface area contributed by atoms with Crippen LogP contribution in [-0.2, 0) is 0 Å². The van der Waals surface area contributed by atoms with Crippen molar-refractivity contribution in [1.82, 2.24) is 9.80 Å². The molecule has 0 spiro atoms. The maximum absolute atomic E-state index is 11.2. The Morgan fingerprint density at radius 3 is 2.26 bits per heavy atom. The smallest absolute Gasteiger partial charge is 0.412 e. The van der Waals surface area contributed by atoms with E-state index in [1.54, 1.807) is 7.05 Å². The Hall–Kier alpha value is -0.820. The minimum Gasteiger partial charge on any atom is -1.00 e. The van der Waals surface area contributed by atoms with Crippen molar-refractivity contribution in [2.24, 2.45) is 0 Å². The van der Waals surface area contributed by atoms with Crippen molar-refractivity contribution in [3.05, 3.63) is 23.8 Å². The lowest BCUT2D eigenvalue weighted by molar-refractivity contribution is -0.00000913. The van der Waals surface area contributed by atoms with Crippen LogP contribution in [0.2, 0.25) is 0 Å². The maximum atomic E-state index is 11.2. The zero-order valence-corrected chi connectivity index (χ0v) is 14.6. The number of rotatable bonds is 3. The van der Waals surface area contributed by atoms with Crippen LogP contribution >= 0.6 is 0 Å². The predicted molar refractivity (Wildman–Crippen MR) is 75.2 cm³/mol. The number of nitrogens with one attached hydrogen (secondary N) is 1. The van der Waals surface area contributed by atoms with Gasteiger partial charge in [0, 0.05) is 18.7 Å². The van der Waals surface area contributed by atoms with Gasteiger partial charge in [0.1, 0.15) is 11.4 Å². The summed E-state index contributed by atoms with van der Waals surface area (Å²) < 4.78 is 5.87. The third-order valence-corrected chi connectivity index (χ3v) is 2.76. The van der Waals surface area contributed by atoms with E-state index in [-0.39, 0.29) is 24.0 Å². The van der Waals surface area contributed by atoms with E-state index < -0.39 is 6.09 Å². The fourth-order valence-electron chi connectivity index (χ4n) is 1.81. The van der Waals surface area contributed by atoms with Gasteiger partial charge in [0.05, 0.1) is 21.1 Å². The zero-order valence-electron chi connectivity index (χ0n) is 12.5. The van der Waals surface area contributed by atoms with Gasteiger partial charge in [-0.25, -0.2) is 4.79 Å². The van der Waals surface area contributed by atoms with Crippen LogP contribution in [0.25, 0.3) is 0 Å². The average molecular weight is 378 g/mol. The second-order valence-corrected chi connectivity index (χ2v) is 5.53. The van der Waals surface area contributed by atoms with Gasteiger partial charge in [0.15, 0.2) is 0 Å². The van der Waals surface area contributed by atoms with Gasteiger partial charge in [-0.1, -0.05) is 13.8 Å². The highest BCUT2D eigenvalue weighted by atomic mass is 127. The molecule has 1 aromatic carbocycles. The molecule has 19 heavy (non-hydrogen) atoms. The molecule has 0 aromatic heterocycles. The number of ether oxygens (including phenoxy) is 1. The summed E-state index contributed by atoms with van der Waals surface area (Å²) >= 11 is 0. The minimum atomic E-state index is -0.445. The molecule has 1 rings (SSSR count). The molecule has 5 heteroatoms. The molecule has 0 unspecified atom stereocenters. The number of amides is 1. The van der Waals surface area contributed by atoms with Crippen LogP contribution in [-0.4, -0.2) is 34.3 Å². The SMILES string of the molecule is CNC(=O)Oc1ccc(C(C)C)c([N+](C)(C)C)c1.[I-]. The number of hydrogen-bond donors (Lipinski definition) is 1. The zero-order chi connectivity index (χ0) is 13.9. The molecule has 0 saturated heterocycles. The second kappa shape index (κ2) is 7.09. The molecule has 0 bridgehead atoms. The van der Waals surface area contributed by atoms with Crippen molar-refractivity contribution in [1.29, 1.82) is 0 Å². The van der Waals surface area contributed by atoms with Gasteiger partial charge in [0.2, 0.25) is 0 Å². The molecule has 0 heterocycles. The third-order valence-electron chi connectivity index (χ3n) is 2.76. The molecule has 0 aliphatic carbocycles. The first-order valence-electron chi connectivity index (χ1n) is 6.11. The Labute approximate surface area is 132 Å².